The third-order valence-electron chi connectivity index (χ3n) is 6.44. The van der Waals surface area contributed by atoms with Gasteiger partial charge in [-0.1, -0.05) is 36.4 Å². The van der Waals surface area contributed by atoms with E-state index in [-0.39, 0.29) is 24.4 Å². The predicted molar refractivity (Wildman–Crippen MR) is 142 cm³/mol. The van der Waals surface area contributed by atoms with E-state index in [0.717, 1.165) is 28.8 Å². The number of hydrogen-bond donors (Lipinski definition) is 0. The van der Waals surface area contributed by atoms with Crippen LogP contribution in [0.4, 0.5) is 13.2 Å². The molecule has 5 nitrogen and oxygen atoms in total. The molecule has 0 N–H and O–H groups in total. The molecule has 1 aromatic heterocycles. The Kier molecular flexibility index (Phi) is 8.74. The number of ether oxygens (including phenoxy) is 2. The summed E-state index contributed by atoms with van der Waals surface area (Å²) in [4.78, 5) is 16.2. The molecule has 0 aliphatic carbocycles. The van der Waals surface area contributed by atoms with Crippen LogP contribution in [0.25, 0.3) is 11.5 Å². The van der Waals surface area contributed by atoms with Gasteiger partial charge in [0, 0.05) is 12.0 Å². The van der Waals surface area contributed by atoms with Crippen LogP contribution in [-0.2, 0) is 22.1 Å². The standard InChI is InChI=1S/C31H30F3NO4/c1-4-37-28(36)17-13-22-12-16-26(18-20(22)2)38-19-27(23-8-6-5-7-9-23)29-21(3)35-30(39-29)24-10-14-25(15-11-24)31(32,33)34/h5-12,14-16,18,27H,4,13,17,19H2,1-3H3. The second-order valence-electron chi connectivity index (χ2n) is 9.21. The maximum Gasteiger partial charge on any atom is 0.416 e. The van der Waals surface area contributed by atoms with Crippen molar-refractivity contribution in [3.8, 4) is 17.2 Å². The molecule has 1 heterocycles. The van der Waals surface area contributed by atoms with Crippen LogP contribution in [0.15, 0.2) is 77.2 Å². The monoisotopic (exact) mass is 537 g/mol. The Morgan fingerprint density at radius 1 is 1.00 bits per heavy atom. The summed E-state index contributed by atoms with van der Waals surface area (Å²) in [6.07, 6.45) is -3.51. The molecule has 8 heteroatoms. The third-order valence-corrected chi connectivity index (χ3v) is 6.44. The number of alkyl halides is 3. The number of oxazole rings is 1. The van der Waals surface area contributed by atoms with Crippen molar-refractivity contribution in [2.24, 2.45) is 0 Å². The van der Waals surface area contributed by atoms with Crippen LogP contribution in [0.2, 0.25) is 0 Å². The van der Waals surface area contributed by atoms with Gasteiger partial charge in [0.25, 0.3) is 0 Å². The molecule has 4 aromatic rings. The number of benzene rings is 3. The number of hydrogen-bond acceptors (Lipinski definition) is 5. The Bertz CT molecular complexity index is 1400. The minimum atomic E-state index is -4.41. The van der Waals surface area contributed by atoms with Gasteiger partial charge < -0.3 is 13.9 Å². The van der Waals surface area contributed by atoms with Crippen molar-refractivity contribution in [3.05, 3.63) is 107 Å². The molecule has 4 rings (SSSR count). The summed E-state index contributed by atoms with van der Waals surface area (Å²) >= 11 is 0. The number of nitrogens with zero attached hydrogens (tertiary/aromatic N) is 1. The number of rotatable bonds is 10. The molecule has 0 saturated heterocycles. The Hall–Kier alpha value is -4.07. The lowest BCUT2D eigenvalue weighted by Crippen LogP contribution is -2.12. The number of esters is 1. The lowest BCUT2D eigenvalue weighted by atomic mass is 9.96. The SMILES string of the molecule is CCOC(=O)CCc1ccc(OCC(c2ccccc2)c2oc(-c3ccc(C(F)(F)F)cc3)nc2C)cc1C. The average molecular weight is 538 g/mol. The van der Waals surface area contributed by atoms with Gasteiger partial charge in [-0.15, -0.1) is 0 Å². The fourth-order valence-corrected chi connectivity index (χ4v) is 4.35. The first-order valence-electron chi connectivity index (χ1n) is 12.7. The lowest BCUT2D eigenvalue weighted by molar-refractivity contribution is -0.143. The highest BCUT2D eigenvalue weighted by molar-refractivity contribution is 5.69. The Morgan fingerprint density at radius 3 is 2.36 bits per heavy atom. The second-order valence-corrected chi connectivity index (χ2v) is 9.21. The maximum absolute atomic E-state index is 13.0. The largest absolute Gasteiger partial charge is 0.492 e. The first-order chi connectivity index (χ1) is 18.7. The zero-order valence-electron chi connectivity index (χ0n) is 22.0. The first-order valence-corrected chi connectivity index (χ1v) is 12.7. The molecule has 0 fully saturated rings. The Morgan fingerprint density at radius 2 is 1.72 bits per heavy atom. The van der Waals surface area contributed by atoms with Gasteiger partial charge in [0.1, 0.15) is 18.1 Å². The molecule has 39 heavy (non-hydrogen) atoms. The van der Waals surface area contributed by atoms with E-state index in [2.05, 4.69) is 4.98 Å². The highest BCUT2D eigenvalue weighted by Gasteiger charge is 2.30. The molecule has 3 aromatic carbocycles. The van der Waals surface area contributed by atoms with E-state index in [0.29, 0.717) is 42.2 Å². The Labute approximate surface area is 225 Å². The number of carbonyl (C=O) groups excluding carboxylic acids is 1. The molecule has 1 unspecified atom stereocenters. The minimum Gasteiger partial charge on any atom is -0.492 e. The van der Waals surface area contributed by atoms with Crippen LogP contribution < -0.4 is 4.74 Å². The van der Waals surface area contributed by atoms with E-state index < -0.39 is 11.7 Å². The van der Waals surface area contributed by atoms with Crippen molar-refractivity contribution in [1.29, 1.82) is 0 Å². The second kappa shape index (κ2) is 12.2. The molecule has 0 radical (unpaired) electrons. The summed E-state index contributed by atoms with van der Waals surface area (Å²) in [5.74, 6) is 0.984. The van der Waals surface area contributed by atoms with Crippen LogP contribution in [0.1, 0.15) is 53.0 Å². The summed E-state index contributed by atoms with van der Waals surface area (Å²) in [6.45, 7) is 6.19. The summed E-state index contributed by atoms with van der Waals surface area (Å²) < 4.78 is 56.3. The van der Waals surface area contributed by atoms with E-state index >= 15 is 0 Å². The molecule has 0 amide bonds. The Balaban J connectivity index is 1.54. The van der Waals surface area contributed by atoms with Crippen molar-refractivity contribution < 1.29 is 31.9 Å². The van der Waals surface area contributed by atoms with Gasteiger partial charge in [-0.2, -0.15) is 13.2 Å². The topological polar surface area (TPSA) is 61.6 Å². The van der Waals surface area contributed by atoms with Crippen molar-refractivity contribution in [2.75, 3.05) is 13.2 Å². The molecule has 0 bridgehead atoms. The van der Waals surface area contributed by atoms with Crippen molar-refractivity contribution in [2.45, 2.75) is 45.7 Å². The smallest absolute Gasteiger partial charge is 0.416 e. The van der Waals surface area contributed by atoms with Crippen LogP contribution in [-0.4, -0.2) is 24.2 Å². The number of carbonyl (C=O) groups is 1. The van der Waals surface area contributed by atoms with Gasteiger partial charge >= 0.3 is 12.1 Å². The van der Waals surface area contributed by atoms with E-state index in [9.17, 15) is 18.0 Å². The molecule has 0 saturated carbocycles. The number of aryl methyl sites for hydroxylation is 3. The zero-order chi connectivity index (χ0) is 28.0. The normalized spacial score (nSPS) is 12.3. The summed E-state index contributed by atoms with van der Waals surface area (Å²) in [7, 11) is 0. The van der Waals surface area contributed by atoms with Crippen molar-refractivity contribution >= 4 is 5.97 Å². The fourth-order valence-electron chi connectivity index (χ4n) is 4.35. The van der Waals surface area contributed by atoms with Gasteiger partial charge in [0.2, 0.25) is 5.89 Å². The molecular formula is C31H30F3NO4. The predicted octanol–water partition coefficient (Wildman–Crippen LogP) is 7.68. The highest BCUT2D eigenvalue weighted by atomic mass is 19.4. The molecular weight excluding hydrogens is 507 g/mol. The molecule has 204 valence electrons. The summed E-state index contributed by atoms with van der Waals surface area (Å²) in [5.41, 5.74) is 3.37. The molecule has 0 aliphatic rings. The minimum absolute atomic E-state index is 0.221. The van der Waals surface area contributed by atoms with Gasteiger partial charge in [-0.25, -0.2) is 4.98 Å². The van der Waals surface area contributed by atoms with E-state index in [4.69, 9.17) is 13.9 Å². The number of aromatic nitrogens is 1. The van der Waals surface area contributed by atoms with Crippen LogP contribution in [0.3, 0.4) is 0 Å². The van der Waals surface area contributed by atoms with Crippen molar-refractivity contribution in [1.82, 2.24) is 4.98 Å². The highest BCUT2D eigenvalue weighted by Crippen LogP contribution is 2.34. The summed E-state index contributed by atoms with van der Waals surface area (Å²) in [6, 6.07) is 20.2. The van der Waals surface area contributed by atoms with E-state index in [1.165, 1.54) is 12.1 Å². The molecule has 0 spiro atoms. The molecule has 1 atom stereocenters. The third kappa shape index (κ3) is 7.07. The van der Waals surface area contributed by atoms with Crippen molar-refractivity contribution in [3.63, 3.8) is 0 Å². The number of halogens is 3. The summed E-state index contributed by atoms with van der Waals surface area (Å²) in [5, 5.41) is 0. The van der Waals surface area contributed by atoms with E-state index in [1.807, 2.05) is 62.4 Å². The lowest BCUT2D eigenvalue weighted by Gasteiger charge is -2.17. The molecule has 0 aliphatic heterocycles. The maximum atomic E-state index is 13.0. The van der Waals surface area contributed by atoms with Crippen LogP contribution in [0, 0.1) is 13.8 Å². The van der Waals surface area contributed by atoms with Gasteiger partial charge in [0.05, 0.1) is 23.8 Å². The van der Waals surface area contributed by atoms with E-state index in [1.54, 1.807) is 6.92 Å². The van der Waals surface area contributed by atoms with Gasteiger partial charge in [-0.3, -0.25) is 4.79 Å². The first kappa shape index (κ1) is 28.0. The van der Waals surface area contributed by atoms with Gasteiger partial charge in [-0.05, 0) is 80.3 Å². The quantitative estimate of drug-likeness (QED) is 0.194. The van der Waals surface area contributed by atoms with Crippen LogP contribution >= 0.6 is 0 Å². The van der Waals surface area contributed by atoms with Gasteiger partial charge in [0.15, 0.2) is 0 Å². The average Bonchev–Trinajstić information content (AvgIpc) is 3.30. The fraction of sp³-hybridized carbons (Fsp3) is 0.290. The van der Waals surface area contributed by atoms with Crippen LogP contribution in [0.5, 0.6) is 5.75 Å². The zero-order valence-corrected chi connectivity index (χ0v) is 22.0.